The molecule has 1 heterocycles. The van der Waals surface area contributed by atoms with Gasteiger partial charge in [0.2, 0.25) is 17.6 Å². The van der Waals surface area contributed by atoms with Crippen LogP contribution < -0.4 is 29.6 Å². The van der Waals surface area contributed by atoms with Crippen LogP contribution in [0.3, 0.4) is 0 Å². The maximum Gasteiger partial charge on any atom is 0.257 e. The lowest BCUT2D eigenvalue weighted by Gasteiger charge is -2.25. The van der Waals surface area contributed by atoms with Crippen molar-refractivity contribution < 1.29 is 58.7 Å². The first-order chi connectivity index (χ1) is 27.6. The number of likely N-dealkylation sites (N-methyl/N-ethyl adjacent to an activating group) is 1. The van der Waals surface area contributed by atoms with Gasteiger partial charge in [-0.05, 0) is 78.1 Å². The zero-order chi connectivity index (χ0) is 46.4. The van der Waals surface area contributed by atoms with Crippen molar-refractivity contribution in [2.75, 3.05) is 52.3 Å². The van der Waals surface area contributed by atoms with E-state index in [1.165, 1.54) is 0 Å². The Morgan fingerprint density at radius 2 is 1.72 bits per heavy atom. The molecule has 46 heavy (non-hydrogen) atoms. The van der Waals surface area contributed by atoms with E-state index in [0.717, 1.165) is 41.3 Å². The Kier molecular flexibility index (Phi) is 5.83. The van der Waals surface area contributed by atoms with Gasteiger partial charge in [0, 0.05) is 28.8 Å². The predicted octanol–water partition coefficient (Wildman–Crippen LogP) is 5.40. The van der Waals surface area contributed by atoms with Gasteiger partial charge in [0.15, 0.2) is 17.2 Å². The van der Waals surface area contributed by atoms with Gasteiger partial charge >= 0.3 is 0 Å². The fraction of sp³-hybridized carbons (Fsp3) is 0.333. The van der Waals surface area contributed by atoms with E-state index >= 15 is 0 Å². The van der Waals surface area contributed by atoms with Gasteiger partial charge in [-0.2, -0.15) is 0 Å². The number of fused-ring (bicyclic) bond motifs is 1. The van der Waals surface area contributed by atoms with Crippen molar-refractivity contribution in [1.82, 2.24) is 9.80 Å². The van der Waals surface area contributed by atoms with E-state index in [1.807, 2.05) is 6.07 Å². The zero-order valence-electron chi connectivity index (χ0n) is 39.5. The number of aryl methyl sites for hydroxylation is 2. The molecule has 1 aliphatic heterocycles. The van der Waals surface area contributed by atoms with E-state index in [4.69, 9.17) is 39.5 Å². The van der Waals surface area contributed by atoms with E-state index < -0.39 is 105 Å². The Morgan fingerprint density at radius 1 is 1.00 bits per heavy atom. The van der Waals surface area contributed by atoms with Crippen LogP contribution in [0.15, 0.2) is 40.9 Å². The molecule has 0 radical (unpaired) electrons. The molecule has 4 rings (SSSR count). The van der Waals surface area contributed by atoms with Crippen LogP contribution in [0.5, 0.6) is 28.7 Å². The van der Waals surface area contributed by atoms with E-state index in [1.54, 1.807) is 26.0 Å². The monoisotopic (exact) mass is 711 g/mol. The number of rotatable bonds is 10. The number of carbonyl (C=O) groups is 4. The second-order valence-electron chi connectivity index (χ2n) is 10.1. The Balaban J connectivity index is 1.88. The number of nitrogens with zero attached hydrogens (tertiary/aromatic N) is 2. The molecule has 3 aromatic carbocycles. The minimum atomic E-state index is -3.33. The van der Waals surface area contributed by atoms with Crippen molar-refractivity contribution in [2.45, 2.75) is 33.2 Å². The van der Waals surface area contributed by atoms with E-state index in [2.05, 4.69) is 26.6 Å². The molecule has 244 valence electrons. The first kappa shape index (κ1) is 19.0. The number of anilines is 2. The highest BCUT2D eigenvalue weighted by Crippen LogP contribution is 2.45. The van der Waals surface area contributed by atoms with Crippen molar-refractivity contribution in [3.8, 4) is 28.7 Å². The first-order valence-corrected chi connectivity index (χ1v) is 14.0. The largest absolute Gasteiger partial charge is 0.493 e. The van der Waals surface area contributed by atoms with Gasteiger partial charge in [-0.25, -0.2) is 0 Å². The molecule has 1 atom stereocenters. The maximum atomic E-state index is 14.2. The number of amides is 4. The van der Waals surface area contributed by atoms with E-state index in [0.29, 0.717) is 0 Å². The number of methoxy groups -OCH3 is 3. The van der Waals surface area contributed by atoms with Gasteiger partial charge in [-0.3, -0.25) is 19.2 Å². The Hall–Kier alpha value is -4.78. The lowest BCUT2D eigenvalue weighted by molar-refractivity contribution is -0.133. The lowest BCUT2D eigenvalue weighted by atomic mass is 10.1. The smallest absolute Gasteiger partial charge is 0.257 e. The third-order valence-electron chi connectivity index (χ3n) is 6.90. The molecule has 1 aliphatic rings. The summed E-state index contributed by atoms with van der Waals surface area (Å²) in [5, 5.41) is 4.94. The predicted molar refractivity (Wildman–Crippen MR) is 177 cm³/mol. The van der Waals surface area contributed by atoms with Crippen LogP contribution in [0, 0.1) is 13.8 Å². The van der Waals surface area contributed by atoms with Crippen LogP contribution in [0.25, 0.3) is 0 Å². The fourth-order valence-electron chi connectivity index (χ4n) is 4.69. The van der Waals surface area contributed by atoms with Crippen molar-refractivity contribution in [1.29, 1.82) is 0 Å². The molecule has 0 aliphatic carbocycles. The molecule has 4 amide bonds. The summed E-state index contributed by atoms with van der Waals surface area (Å²) in [5.74, 6) is -7.37. The van der Waals surface area contributed by atoms with Crippen LogP contribution >= 0.6 is 15.9 Å². The number of hydrogen-bond acceptors (Lipinski definition) is 8. The molecule has 0 bridgehead atoms. The molecule has 0 saturated heterocycles. The first-order valence-electron chi connectivity index (χ1n) is 20.7. The zero-order valence-corrected chi connectivity index (χ0v) is 26.1. The minimum absolute atomic E-state index is 0.107. The van der Waals surface area contributed by atoms with Crippen molar-refractivity contribution in [3.63, 3.8) is 0 Å². The molecule has 0 spiro atoms. The number of carbonyl (C=O) groups excluding carboxylic acids is 4. The summed E-state index contributed by atoms with van der Waals surface area (Å²) in [5.41, 5.74) is 0.0503. The summed E-state index contributed by atoms with van der Waals surface area (Å²) in [6.45, 7) is -3.78. The summed E-state index contributed by atoms with van der Waals surface area (Å²) in [4.78, 5) is 56.1. The highest BCUT2D eigenvalue weighted by atomic mass is 79.9. The summed E-state index contributed by atoms with van der Waals surface area (Å²) >= 11 is 3.03. The van der Waals surface area contributed by atoms with Gasteiger partial charge in [-0.15, -0.1) is 0 Å². The van der Waals surface area contributed by atoms with Crippen LogP contribution in [0.2, 0.25) is 0 Å². The number of nitrogens with one attached hydrogen (secondary N) is 2. The summed E-state index contributed by atoms with van der Waals surface area (Å²) in [6.07, 6.45) is -0.955. The topological polar surface area (TPSA) is 136 Å². The molecular weight excluding hydrogens is 660 g/mol. The van der Waals surface area contributed by atoms with Gasteiger partial charge in [0.1, 0.15) is 11.8 Å². The minimum Gasteiger partial charge on any atom is -0.493 e. The van der Waals surface area contributed by atoms with Crippen LogP contribution in [0.1, 0.15) is 65.7 Å². The van der Waals surface area contributed by atoms with Crippen molar-refractivity contribution in [2.24, 2.45) is 0 Å². The summed E-state index contributed by atoms with van der Waals surface area (Å²) in [6, 6.07) is 6.29. The third-order valence-corrected chi connectivity index (χ3v) is 7.68. The summed E-state index contributed by atoms with van der Waals surface area (Å²) in [7, 11) is -8.81. The highest BCUT2D eigenvalue weighted by molar-refractivity contribution is 9.10. The molecule has 0 saturated carbocycles. The Morgan fingerprint density at radius 3 is 2.39 bits per heavy atom. The van der Waals surface area contributed by atoms with Crippen LogP contribution in [-0.4, -0.2) is 81.2 Å². The van der Waals surface area contributed by atoms with Crippen LogP contribution in [0.4, 0.5) is 11.4 Å². The van der Waals surface area contributed by atoms with E-state index in [9.17, 15) is 19.2 Å². The molecule has 12 nitrogen and oxygen atoms in total. The van der Waals surface area contributed by atoms with Gasteiger partial charge in [-0.1, -0.05) is 6.07 Å². The number of benzene rings is 3. The van der Waals surface area contributed by atoms with Gasteiger partial charge < -0.3 is 39.4 Å². The molecule has 3 aromatic rings. The quantitative estimate of drug-likeness (QED) is 0.286. The highest BCUT2D eigenvalue weighted by Gasteiger charge is 2.36. The van der Waals surface area contributed by atoms with Crippen LogP contribution in [-0.2, 0) is 9.59 Å². The van der Waals surface area contributed by atoms with Crippen molar-refractivity contribution >= 4 is 50.9 Å². The molecule has 13 heteroatoms. The molecule has 0 aromatic heterocycles. The molecule has 2 N–H and O–H groups in total. The number of hydrogen-bond donors (Lipinski definition) is 2. The number of halogens is 1. The standard InChI is InChI=1S/C33H37BrN4O8/c1-9-37(4)27(39)16-24-32(41)35-22-15-23(36-31(40)21-14-26(43-6)29(44-7)30(45-8)28(21)34)25(13-20(22)33(42)38(24)5)46-19-11-17(2)10-18(3)12-19/h10-15,24H,9,16H2,1-8H3,(H,35,41)(H,36,40)/t24-/m0/s1/i1D3,4D3,6D3,7D3,8D3. The SMILES string of the molecule is [2H]C([2H])([2H])CN(C(=O)C[C@H]1C(=O)Nc2cc(NC(=O)c3cc(OC([2H])([2H])[2H])c(OC([2H])([2H])[2H])c(OC([2H])([2H])[2H])c3Br)c(Oc3cc(C)cc(C)c3)cc2C(=O)N1C)C([2H])([2H])[2H]. The normalized spacial score (nSPS) is 20.3. The third kappa shape index (κ3) is 6.89. The van der Waals surface area contributed by atoms with Crippen molar-refractivity contribution in [3.05, 3.63) is 63.1 Å². The molecule has 0 fully saturated rings. The van der Waals surface area contributed by atoms with E-state index in [-0.39, 0.29) is 33.3 Å². The second kappa shape index (κ2) is 14.1. The Labute approximate surface area is 297 Å². The summed E-state index contributed by atoms with van der Waals surface area (Å²) < 4.78 is 135. The number of ether oxygens (including phenoxy) is 4. The lowest BCUT2D eigenvalue weighted by Crippen LogP contribution is -2.45. The maximum absolute atomic E-state index is 14.2. The fourth-order valence-corrected chi connectivity index (χ4v) is 5.25. The van der Waals surface area contributed by atoms with Gasteiger partial charge in [0.05, 0.1) is 66.8 Å². The molecule has 0 unspecified atom stereocenters. The van der Waals surface area contributed by atoms with Gasteiger partial charge in [0.25, 0.3) is 11.8 Å². The average Bonchev–Trinajstić information content (AvgIpc) is 3.13. The Bertz CT molecular complexity index is 2200. The molecular formula is C33H37BrN4O8. The average molecular weight is 713 g/mol. The second-order valence-corrected chi connectivity index (χ2v) is 10.9.